The molecule has 0 aliphatic rings. The molecule has 0 fully saturated rings. The number of benzene rings is 4. The first-order valence-electron chi connectivity index (χ1n) is 44.3. The van der Waals surface area contributed by atoms with E-state index in [1.807, 2.05) is 80.9 Å². The number of fused-ring (bicyclic) bond motifs is 4. The summed E-state index contributed by atoms with van der Waals surface area (Å²) in [5, 5.41) is 2.72. The minimum atomic E-state index is -0.465. The molecule has 632 valence electrons. The summed E-state index contributed by atoms with van der Waals surface area (Å²) in [4.78, 5) is 20.5. The quantitative estimate of drug-likeness (QED) is 0.0355. The molecule has 121 heavy (non-hydrogen) atoms. The van der Waals surface area contributed by atoms with Crippen molar-refractivity contribution in [1.29, 1.82) is 0 Å². The van der Waals surface area contributed by atoms with Crippen molar-refractivity contribution in [2.45, 2.75) is 243 Å². The lowest BCUT2D eigenvalue weighted by Crippen LogP contribution is -2.02. The zero-order valence-electron chi connectivity index (χ0n) is 71.5. The third-order valence-corrected chi connectivity index (χ3v) is 36.7. The molecule has 6 nitrogen and oxygen atoms in total. The second-order valence-corrected chi connectivity index (χ2v) is 45.4. The van der Waals surface area contributed by atoms with Gasteiger partial charge in [-0.05, 0) is 187 Å². The van der Waals surface area contributed by atoms with E-state index in [2.05, 4.69) is 154 Å². The van der Waals surface area contributed by atoms with Gasteiger partial charge in [-0.2, -0.15) is 17.5 Å². The summed E-state index contributed by atoms with van der Waals surface area (Å²) >= 11 is 20.3. The van der Waals surface area contributed by atoms with Gasteiger partial charge in [0.15, 0.2) is 0 Å². The average Bonchev–Trinajstić information content (AvgIpc) is 1.58. The maximum atomic E-state index is 16.9. The molecule has 2 unspecified atom stereocenters. The minimum absolute atomic E-state index is 0.242. The van der Waals surface area contributed by atoms with Crippen LogP contribution < -0.4 is 9.47 Å². The van der Waals surface area contributed by atoms with Crippen LogP contribution in [0.25, 0.3) is 155 Å². The first-order chi connectivity index (χ1) is 59.2. The Kier molecular flexibility index (Phi) is 30.0. The lowest BCUT2D eigenvalue weighted by Gasteiger charge is -2.17. The van der Waals surface area contributed by atoms with Crippen molar-refractivity contribution >= 4 is 179 Å². The molecule has 0 saturated carbocycles. The Bertz CT molecular complexity index is 6170. The highest BCUT2D eigenvalue weighted by Gasteiger charge is 2.31. The van der Waals surface area contributed by atoms with Gasteiger partial charge in [0.1, 0.15) is 45.2 Å². The number of hydrogen-bond acceptors (Lipinski definition) is 18. The predicted molar refractivity (Wildman–Crippen MR) is 536 cm³/mol. The normalized spacial score (nSPS) is 12.5. The summed E-state index contributed by atoms with van der Waals surface area (Å²) in [6.07, 6.45) is 33.5. The van der Waals surface area contributed by atoms with Crippen LogP contribution in [-0.4, -0.2) is 30.7 Å². The molecule has 16 rings (SSSR count). The predicted octanol–water partition coefficient (Wildman–Crippen LogP) is 37.4. The highest BCUT2D eigenvalue weighted by atomic mass is 32.1. The Morgan fingerprint density at radius 3 is 1.12 bits per heavy atom. The maximum Gasteiger partial charge on any atom is 0.133 e. The fourth-order valence-corrected chi connectivity index (χ4v) is 29.6. The highest BCUT2D eigenvalue weighted by molar-refractivity contribution is 7.29. The van der Waals surface area contributed by atoms with Crippen LogP contribution >= 0.6 is 137 Å². The van der Waals surface area contributed by atoms with E-state index < -0.39 is 11.6 Å². The van der Waals surface area contributed by atoms with E-state index >= 15 is 8.78 Å². The largest absolute Gasteiger partial charge is 0.493 e. The number of aryl methyl sites for hydroxylation is 2. The van der Waals surface area contributed by atoms with Crippen LogP contribution in [0.2, 0.25) is 0 Å². The molecule has 0 aliphatic heterocycles. The van der Waals surface area contributed by atoms with Gasteiger partial charge in [-0.25, -0.2) is 8.78 Å². The molecule has 16 aromatic rings. The van der Waals surface area contributed by atoms with Crippen LogP contribution in [0.5, 0.6) is 11.5 Å². The number of rotatable bonds is 44. The number of thiophene rings is 10. The molecule has 4 aromatic carbocycles. The summed E-state index contributed by atoms with van der Waals surface area (Å²) in [5.41, 5.74) is 12.9. The summed E-state index contributed by atoms with van der Waals surface area (Å²) < 4.78 is 70.9. The Morgan fingerprint density at radius 2 is 0.678 bits per heavy atom. The van der Waals surface area contributed by atoms with E-state index in [0.717, 1.165) is 144 Å². The zero-order valence-corrected chi connectivity index (χ0v) is 81.3. The Morgan fingerprint density at radius 1 is 0.314 bits per heavy atom. The van der Waals surface area contributed by atoms with Crippen molar-refractivity contribution in [2.24, 2.45) is 11.8 Å². The molecular weight excluding hydrogens is 1720 g/mol. The molecule has 0 N–H and O–H groups in total. The van der Waals surface area contributed by atoms with Gasteiger partial charge in [0.2, 0.25) is 0 Å². The molecule has 0 spiro atoms. The Balaban J connectivity index is 0.672. The number of aromatic nitrogens is 4. The van der Waals surface area contributed by atoms with Crippen molar-refractivity contribution in [3.8, 4) is 124 Å². The lowest BCUT2D eigenvalue weighted by atomic mass is 9.95. The van der Waals surface area contributed by atoms with Crippen molar-refractivity contribution < 1.29 is 18.3 Å². The molecule has 0 saturated heterocycles. The lowest BCUT2D eigenvalue weighted by molar-refractivity contribution is 0.304. The second-order valence-electron chi connectivity index (χ2n) is 33.0. The van der Waals surface area contributed by atoms with Crippen LogP contribution in [-0.2, 0) is 12.8 Å². The van der Waals surface area contributed by atoms with Crippen LogP contribution in [0.15, 0.2) is 121 Å². The van der Waals surface area contributed by atoms with Crippen LogP contribution in [0.3, 0.4) is 0 Å². The van der Waals surface area contributed by atoms with Crippen molar-refractivity contribution in [3.05, 3.63) is 164 Å². The van der Waals surface area contributed by atoms with E-state index in [4.69, 9.17) is 27.0 Å². The van der Waals surface area contributed by atoms with Gasteiger partial charge < -0.3 is 9.47 Å². The maximum absolute atomic E-state index is 16.9. The molecule has 0 aliphatic carbocycles. The monoisotopic (exact) mass is 1830 g/mol. The Labute approximate surface area is 762 Å². The van der Waals surface area contributed by atoms with Gasteiger partial charge in [0, 0.05) is 152 Å². The van der Waals surface area contributed by atoms with E-state index in [-0.39, 0.29) is 11.1 Å². The molecule has 0 radical (unpaired) electrons. The van der Waals surface area contributed by atoms with Crippen LogP contribution in [0.1, 0.15) is 233 Å². The van der Waals surface area contributed by atoms with Gasteiger partial charge in [-0.1, -0.05) is 189 Å². The van der Waals surface area contributed by atoms with Gasteiger partial charge in [0.25, 0.3) is 0 Å². The van der Waals surface area contributed by atoms with Crippen LogP contribution in [0, 0.1) is 51.2 Å². The molecule has 2 atom stereocenters. The summed E-state index contributed by atoms with van der Waals surface area (Å²) in [7, 11) is 0. The fraction of sp³-hybridized carbons (Fsp3) is 0.406. The van der Waals surface area contributed by atoms with Gasteiger partial charge in [-0.3, -0.25) is 0 Å². The van der Waals surface area contributed by atoms with Crippen molar-refractivity contribution in [2.75, 3.05) is 13.2 Å². The summed E-state index contributed by atoms with van der Waals surface area (Å²) in [5.74, 6) is 2.13. The molecular formula is C101H110F2N4O2S12. The van der Waals surface area contributed by atoms with E-state index in [9.17, 15) is 0 Å². The molecule has 20 heteroatoms. The molecule has 0 bridgehead atoms. The number of halogens is 2. The first-order valence-corrected chi connectivity index (χ1v) is 53.9. The average molecular weight is 1830 g/mol. The number of unbranched alkanes of at least 4 members (excludes halogenated alkanes) is 19. The SMILES string of the molecule is CCCCCCCCCCCCOc1c(C)c(-c2ccc(-c3ccc(-c4cc(F)c(-c5ccc(-c6ccc(-c7c(OCCCCCCCCCCCC)c(C)c(-c8ccc(-c9cc%10c(-c%11ccc(CC(CC)CCCC)s%11)c%11sc(C)cc%11c(-c%11ccc(CC(C)CC)s%11)c%10s9)s8)c8nsnc78)s6)s5)cc4F)s3)s2)c2nsnc2c1-c1ccc(C)s1. The standard InChI is InChI=1S/C101H110F2N4O2S12/c1-11-16-19-21-23-25-27-29-31-33-52-108-98-63(9)88(94-96(106-120-104-94)92(98)85-39-36-61(7)110-85)81-49-46-78(116-81)76-44-42-74(114-76)68-57-73(103)69(58-72(68)102)75-43-45-77(115-75)79-47-51-86(117-79)93-97-95(105-121-107-97)89(64(10)99(93)109-53-34-32-30-28-26-24-22-20-17-12-2)82-50-48-80(118-82)87-59-71-91(84-41-38-67(113-84)56-65(15-5)35-18-13-3)100-70(55-62(8)111-100)90(101(71)119-87)83-40-37-66(112-83)54-60(6)14-4/h36-51,55,57-60,65H,11-35,52-54,56H2,1-10H3. The third kappa shape index (κ3) is 19.7. The number of nitrogens with zero attached hydrogens (tertiary/aromatic N) is 4. The fourth-order valence-electron chi connectivity index (χ4n) is 17.2. The molecule has 12 heterocycles. The van der Waals surface area contributed by atoms with E-state index in [1.54, 1.807) is 34.0 Å². The topological polar surface area (TPSA) is 70.0 Å². The van der Waals surface area contributed by atoms with Crippen LogP contribution in [0.4, 0.5) is 8.78 Å². The van der Waals surface area contributed by atoms with Gasteiger partial charge in [-0.15, -0.1) is 113 Å². The van der Waals surface area contributed by atoms with E-state index in [0.29, 0.717) is 34.8 Å². The number of ether oxygens (including phenoxy) is 2. The summed E-state index contributed by atoms with van der Waals surface area (Å²) in [6.45, 7) is 24.0. The molecule has 0 amide bonds. The number of hydrogen-bond donors (Lipinski definition) is 0. The minimum Gasteiger partial charge on any atom is -0.493 e. The highest BCUT2D eigenvalue weighted by Crippen LogP contribution is 2.57. The Hall–Kier alpha value is -6.50. The summed E-state index contributed by atoms with van der Waals surface area (Å²) in [6, 6.07) is 43.0. The van der Waals surface area contributed by atoms with Crippen molar-refractivity contribution in [3.63, 3.8) is 0 Å². The van der Waals surface area contributed by atoms with Crippen molar-refractivity contribution in [1.82, 2.24) is 17.5 Å². The second kappa shape index (κ2) is 41.3. The van der Waals surface area contributed by atoms with E-state index in [1.165, 1.54) is 263 Å². The third-order valence-electron chi connectivity index (χ3n) is 24.0. The van der Waals surface area contributed by atoms with Gasteiger partial charge >= 0.3 is 0 Å². The zero-order chi connectivity index (χ0) is 83.6. The van der Waals surface area contributed by atoms with Gasteiger partial charge in [0.05, 0.1) is 47.8 Å². The first kappa shape index (κ1) is 88.0. The smallest absolute Gasteiger partial charge is 0.133 e. The molecule has 12 aromatic heterocycles.